The van der Waals surface area contributed by atoms with Crippen molar-refractivity contribution in [3.05, 3.63) is 0 Å². The van der Waals surface area contributed by atoms with Crippen LogP contribution in [0, 0.1) is 5.92 Å². The first-order valence-electron chi connectivity index (χ1n) is 6.06. The van der Waals surface area contributed by atoms with E-state index in [1.807, 2.05) is 6.92 Å². The molecule has 0 saturated heterocycles. The van der Waals surface area contributed by atoms with Gasteiger partial charge in [-0.2, -0.15) is 0 Å². The molecule has 0 bridgehead atoms. The first kappa shape index (κ1) is 14.4. The first-order valence-corrected chi connectivity index (χ1v) is 8.12. The summed E-state index contributed by atoms with van der Waals surface area (Å²) in [6, 6.07) is 0.124. The smallest absolute Gasteiger partial charge is 0.238 e. The van der Waals surface area contributed by atoms with Crippen molar-refractivity contribution in [1.29, 1.82) is 0 Å². The third-order valence-corrected chi connectivity index (χ3v) is 4.14. The van der Waals surface area contributed by atoms with Crippen molar-refractivity contribution < 1.29 is 13.2 Å². The summed E-state index contributed by atoms with van der Waals surface area (Å²) >= 11 is 0. The number of carbonyl (C=O) groups is 1. The second-order valence-electron chi connectivity index (χ2n) is 4.74. The molecule has 1 rings (SSSR count). The highest BCUT2D eigenvalue weighted by Crippen LogP contribution is 2.29. The second-order valence-corrected chi connectivity index (χ2v) is 6.88. The van der Waals surface area contributed by atoms with Crippen molar-refractivity contribution in [3.63, 3.8) is 0 Å². The Morgan fingerprint density at radius 2 is 2.06 bits per heavy atom. The molecule has 0 aromatic heterocycles. The van der Waals surface area contributed by atoms with E-state index in [-0.39, 0.29) is 11.9 Å². The fraction of sp³-hybridized carbons (Fsp3) is 0.909. The molecule has 1 amide bonds. The van der Waals surface area contributed by atoms with Crippen LogP contribution in [0.4, 0.5) is 0 Å². The molecule has 17 heavy (non-hydrogen) atoms. The van der Waals surface area contributed by atoms with Gasteiger partial charge in [0.25, 0.3) is 0 Å². The molecule has 2 unspecified atom stereocenters. The number of nitrogens with zero attached hydrogens (tertiary/aromatic N) is 1. The molecule has 2 atom stereocenters. The maximum absolute atomic E-state index is 11.9. The molecule has 0 aliphatic heterocycles. The molecule has 0 aromatic carbocycles. The zero-order valence-electron chi connectivity index (χ0n) is 10.6. The summed E-state index contributed by atoms with van der Waals surface area (Å²) in [7, 11) is -3.25. The van der Waals surface area contributed by atoms with Crippen LogP contribution in [0.1, 0.15) is 26.2 Å². The zero-order chi connectivity index (χ0) is 13.1. The van der Waals surface area contributed by atoms with E-state index >= 15 is 0 Å². The van der Waals surface area contributed by atoms with Gasteiger partial charge in [0, 0.05) is 18.8 Å². The first-order chi connectivity index (χ1) is 7.89. The highest BCUT2D eigenvalue weighted by molar-refractivity contribution is 7.91. The van der Waals surface area contributed by atoms with Crippen LogP contribution < -0.4 is 5.73 Å². The highest BCUT2D eigenvalue weighted by atomic mass is 32.2. The lowest BCUT2D eigenvalue weighted by atomic mass is 10.0. The topological polar surface area (TPSA) is 80.5 Å². The minimum atomic E-state index is -3.25. The van der Waals surface area contributed by atoms with Crippen LogP contribution in [0.3, 0.4) is 0 Å². The predicted octanol–water partition coefficient (Wildman–Crippen LogP) is 0.00690. The Kier molecular flexibility index (Phi) is 4.94. The molecule has 1 fully saturated rings. The minimum absolute atomic E-state index is 0.124. The molecule has 0 heterocycles. The van der Waals surface area contributed by atoms with Gasteiger partial charge in [0.15, 0.2) is 9.84 Å². The van der Waals surface area contributed by atoms with Crippen molar-refractivity contribution >= 4 is 15.7 Å². The van der Waals surface area contributed by atoms with E-state index in [0.717, 1.165) is 25.5 Å². The van der Waals surface area contributed by atoms with Gasteiger partial charge >= 0.3 is 0 Å². The van der Waals surface area contributed by atoms with Gasteiger partial charge in [-0.15, -0.1) is 0 Å². The van der Waals surface area contributed by atoms with Crippen molar-refractivity contribution in [1.82, 2.24) is 4.90 Å². The Bertz CT molecular complexity index is 367. The number of carbonyl (C=O) groups excluding carboxylic acids is 1. The fourth-order valence-electron chi connectivity index (χ4n) is 2.61. The number of sulfone groups is 1. The summed E-state index contributed by atoms with van der Waals surface area (Å²) < 4.78 is 22.3. The minimum Gasteiger partial charge on any atom is -0.339 e. The van der Waals surface area contributed by atoms with Crippen LogP contribution in [-0.2, 0) is 14.6 Å². The standard InChI is InChI=1S/C11H22N2O3S/c1-3-13(11(14)8-17(2,15)16)10-6-4-5-9(10)7-12/h9-10H,3-8,12H2,1-2H3. The molecule has 1 aliphatic carbocycles. The van der Waals surface area contributed by atoms with Gasteiger partial charge in [-0.3, -0.25) is 4.79 Å². The average molecular weight is 262 g/mol. The Labute approximate surface area is 103 Å². The Morgan fingerprint density at radius 1 is 1.41 bits per heavy atom. The monoisotopic (exact) mass is 262 g/mol. The van der Waals surface area contributed by atoms with Gasteiger partial charge in [0.05, 0.1) is 0 Å². The lowest BCUT2D eigenvalue weighted by Crippen LogP contribution is -2.46. The Balaban J connectivity index is 2.73. The summed E-state index contributed by atoms with van der Waals surface area (Å²) in [5.41, 5.74) is 5.69. The van der Waals surface area contributed by atoms with E-state index in [0.29, 0.717) is 19.0 Å². The molecule has 2 N–H and O–H groups in total. The van der Waals surface area contributed by atoms with E-state index in [4.69, 9.17) is 5.73 Å². The fourth-order valence-corrected chi connectivity index (χ4v) is 3.22. The molecule has 6 heteroatoms. The lowest BCUT2D eigenvalue weighted by molar-refractivity contribution is -0.131. The third-order valence-electron chi connectivity index (χ3n) is 3.37. The van der Waals surface area contributed by atoms with Crippen LogP contribution in [0.25, 0.3) is 0 Å². The predicted molar refractivity (Wildman–Crippen MR) is 67.3 cm³/mol. The van der Waals surface area contributed by atoms with Gasteiger partial charge in [-0.05, 0) is 32.2 Å². The average Bonchev–Trinajstić information content (AvgIpc) is 2.64. The number of nitrogens with two attached hydrogens (primary N) is 1. The van der Waals surface area contributed by atoms with Crippen LogP contribution in [0.5, 0.6) is 0 Å². The van der Waals surface area contributed by atoms with E-state index in [1.54, 1.807) is 4.90 Å². The van der Waals surface area contributed by atoms with Crippen LogP contribution >= 0.6 is 0 Å². The van der Waals surface area contributed by atoms with Gasteiger partial charge < -0.3 is 10.6 Å². The quantitative estimate of drug-likeness (QED) is 0.756. The number of hydrogen-bond acceptors (Lipinski definition) is 4. The summed E-state index contributed by atoms with van der Waals surface area (Å²) in [6.45, 7) is 2.99. The van der Waals surface area contributed by atoms with Crippen molar-refractivity contribution in [2.75, 3.05) is 25.1 Å². The summed E-state index contributed by atoms with van der Waals surface area (Å²) in [6.07, 6.45) is 4.12. The van der Waals surface area contributed by atoms with Crippen molar-refractivity contribution in [3.8, 4) is 0 Å². The van der Waals surface area contributed by atoms with Crippen LogP contribution in [-0.4, -0.2) is 50.4 Å². The maximum atomic E-state index is 11.9. The molecule has 1 aliphatic rings. The molecule has 5 nitrogen and oxygen atoms in total. The molecular formula is C11H22N2O3S. The van der Waals surface area contributed by atoms with Crippen molar-refractivity contribution in [2.45, 2.75) is 32.2 Å². The number of amides is 1. The molecule has 1 saturated carbocycles. The molecule has 100 valence electrons. The second kappa shape index (κ2) is 5.82. The summed E-state index contributed by atoms with van der Waals surface area (Å²) in [4.78, 5) is 13.6. The van der Waals surface area contributed by atoms with Crippen LogP contribution in [0.2, 0.25) is 0 Å². The molecule has 0 radical (unpaired) electrons. The van der Waals surface area contributed by atoms with Crippen LogP contribution in [0.15, 0.2) is 0 Å². The van der Waals surface area contributed by atoms with Gasteiger partial charge in [0.1, 0.15) is 5.75 Å². The largest absolute Gasteiger partial charge is 0.339 e. The third kappa shape index (κ3) is 3.96. The van der Waals surface area contributed by atoms with E-state index < -0.39 is 15.6 Å². The SMILES string of the molecule is CCN(C(=O)CS(C)(=O)=O)C1CCCC1CN. The van der Waals surface area contributed by atoms with E-state index in [2.05, 4.69) is 0 Å². The zero-order valence-corrected chi connectivity index (χ0v) is 11.4. The van der Waals surface area contributed by atoms with E-state index in [1.165, 1.54) is 0 Å². The Hall–Kier alpha value is -0.620. The van der Waals surface area contributed by atoms with Gasteiger partial charge in [-0.25, -0.2) is 8.42 Å². The normalized spacial score (nSPS) is 24.9. The molecular weight excluding hydrogens is 240 g/mol. The molecule has 0 aromatic rings. The van der Waals surface area contributed by atoms with Crippen molar-refractivity contribution in [2.24, 2.45) is 11.7 Å². The highest BCUT2D eigenvalue weighted by Gasteiger charge is 2.33. The number of rotatable bonds is 5. The van der Waals surface area contributed by atoms with E-state index in [9.17, 15) is 13.2 Å². The Morgan fingerprint density at radius 3 is 2.53 bits per heavy atom. The lowest BCUT2D eigenvalue weighted by Gasteiger charge is -2.31. The maximum Gasteiger partial charge on any atom is 0.238 e. The summed E-state index contributed by atoms with van der Waals surface area (Å²) in [5, 5.41) is 0. The van der Waals surface area contributed by atoms with Gasteiger partial charge in [-0.1, -0.05) is 6.42 Å². The summed E-state index contributed by atoms with van der Waals surface area (Å²) in [5.74, 6) is -0.368. The molecule has 0 spiro atoms. The van der Waals surface area contributed by atoms with Gasteiger partial charge in [0.2, 0.25) is 5.91 Å². The number of hydrogen-bond donors (Lipinski definition) is 1.